The zero-order valence-corrected chi connectivity index (χ0v) is 18.2. The van der Waals surface area contributed by atoms with Crippen LogP contribution < -0.4 is 15.0 Å². The van der Waals surface area contributed by atoms with Gasteiger partial charge in [0.15, 0.2) is 0 Å². The van der Waals surface area contributed by atoms with Crippen molar-refractivity contribution >= 4 is 34.2 Å². The third-order valence-corrected chi connectivity index (χ3v) is 6.05. The van der Waals surface area contributed by atoms with Gasteiger partial charge in [0, 0.05) is 37.9 Å². The van der Waals surface area contributed by atoms with Crippen molar-refractivity contribution in [3.63, 3.8) is 0 Å². The number of rotatable bonds is 6. The molecule has 0 unspecified atom stereocenters. The Balaban J connectivity index is 1.41. The van der Waals surface area contributed by atoms with Crippen LogP contribution in [-0.2, 0) is 11.3 Å². The first-order chi connectivity index (χ1) is 15.5. The van der Waals surface area contributed by atoms with E-state index in [2.05, 4.69) is 15.3 Å². The Bertz CT molecular complexity index is 1210. The standard InChI is InChI=1S/C24H25N5O3/c1-28(14-16-7-8-20(32-2)22-18(16)4-3-9-25-22)24(31)17-10-19-23(26-11-17)27-12-21(30)29(19)13-15-5-6-15/h3-4,7-11,15H,5-6,12-14H2,1-2H3,(H,26,27). The van der Waals surface area contributed by atoms with Crippen molar-refractivity contribution in [3.05, 3.63) is 53.9 Å². The number of hydrogen-bond donors (Lipinski definition) is 1. The Kier molecular flexibility index (Phi) is 5.13. The van der Waals surface area contributed by atoms with Gasteiger partial charge in [-0.2, -0.15) is 0 Å². The summed E-state index contributed by atoms with van der Waals surface area (Å²) in [6.45, 7) is 1.33. The molecule has 2 aliphatic rings. The van der Waals surface area contributed by atoms with Crippen molar-refractivity contribution in [1.29, 1.82) is 0 Å². The van der Waals surface area contributed by atoms with Crippen molar-refractivity contribution < 1.29 is 14.3 Å². The monoisotopic (exact) mass is 431 g/mol. The summed E-state index contributed by atoms with van der Waals surface area (Å²) in [5, 5.41) is 4.00. The maximum absolute atomic E-state index is 13.2. The Labute approximate surface area is 186 Å². The van der Waals surface area contributed by atoms with Crippen molar-refractivity contribution in [2.45, 2.75) is 19.4 Å². The van der Waals surface area contributed by atoms with Crippen molar-refractivity contribution in [2.24, 2.45) is 5.92 Å². The number of methoxy groups -OCH3 is 1. The molecule has 1 aliphatic carbocycles. The molecular formula is C24H25N5O3. The number of amides is 2. The van der Waals surface area contributed by atoms with E-state index in [1.807, 2.05) is 24.3 Å². The highest BCUT2D eigenvalue weighted by molar-refractivity contribution is 6.04. The van der Waals surface area contributed by atoms with Gasteiger partial charge < -0.3 is 19.9 Å². The molecule has 1 N–H and O–H groups in total. The number of fused-ring (bicyclic) bond motifs is 2. The van der Waals surface area contributed by atoms with Crippen LogP contribution in [0.5, 0.6) is 5.75 Å². The number of carbonyl (C=O) groups excluding carboxylic acids is 2. The third-order valence-electron chi connectivity index (χ3n) is 6.05. The summed E-state index contributed by atoms with van der Waals surface area (Å²) in [4.78, 5) is 38.0. The number of ether oxygens (including phenoxy) is 1. The van der Waals surface area contributed by atoms with E-state index in [4.69, 9.17) is 4.74 Å². The van der Waals surface area contributed by atoms with Gasteiger partial charge in [-0.05, 0) is 42.5 Å². The first-order valence-electron chi connectivity index (χ1n) is 10.8. The molecule has 0 radical (unpaired) electrons. The molecule has 1 saturated carbocycles. The number of nitrogens with zero attached hydrogens (tertiary/aromatic N) is 4. The lowest BCUT2D eigenvalue weighted by molar-refractivity contribution is -0.117. The molecule has 3 aromatic rings. The average Bonchev–Trinajstić information content (AvgIpc) is 3.64. The van der Waals surface area contributed by atoms with Crippen molar-refractivity contribution in [1.82, 2.24) is 14.9 Å². The predicted octanol–water partition coefficient (Wildman–Crippen LogP) is 3.08. The zero-order chi connectivity index (χ0) is 22.2. The van der Waals surface area contributed by atoms with Crippen LogP contribution >= 0.6 is 0 Å². The second kappa shape index (κ2) is 8.11. The Hall–Kier alpha value is -3.68. The van der Waals surface area contributed by atoms with E-state index in [9.17, 15) is 9.59 Å². The molecule has 0 spiro atoms. The fourth-order valence-corrected chi connectivity index (χ4v) is 4.12. The third kappa shape index (κ3) is 3.72. The van der Waals surface area contributed by atoms with E-state index in [1.54, 1.807) is 42.4 Å². The highest BCUT2D eigenvalue weighted by Gasteiger charge is 2.32. The molecule has 0 bridgehead atoms. The van der Waals surface area contributed by atoms with Gasteiger partial charge in [-0.25, -0.2) is 4.98 Å². The summed E-state index contributed by atoms with van der Waals surface area (Å²) in [6.07, 6.45) is 5.59. The van der Waals surface area contributed by atoms with Gasteiger partial charge in [-0.1, -0.05) is 12.1 Å². The molecule has 1 aliphatic heterocycles. The number of hydrogen-bond acceptors (Lipinski definition) is 6. The molecule has 0 atom stereocenters. The first-order valence-corrected chi connectivity index (χ1v) is 10.8. The number of pyridine rings is 2. The zero-order valence-electron chi connectivity index (χ0n) is 18.2. The maximum Gasteiger partial charge on any atom is 0.255 e. The first kappa shape index (κ1) is 20.2. The average molecular weight is 431 g/mol. The molecule has 3 heterocycles. The Morgan fingerprint density at radius 1 is 1.28 bits per heavy atom. The number of carbonyl (C=O) groups is 2. The van der Waals surface area contributed by atoms with Crippen LogP contribution in [0.1, 0.15) is 28.8 Å². The SMILES string of the molecule is COc1ccc(CN(C)C(=O)c2cnc3c(c2)N(CC2CC2)C(=O)CN3)c2cccnc12. The number of nitrogens with one attached hydrogen (secondary N) is 1. The van der Waals surface area contributed by atoms with E-state index < -0.39 is 0 Å². The predicted molar refractivity (Wildman–Crippen MR) is 122 cm³/mol. The summed E-state index contributed by atoms with van der Waals surface area (Å²) in [5.41, 5.74) is 2.89. The second-order valence-corrected chi connectivity index (χ2v) is 8.38. The summed E-state index contributed by atoms with van der Waals surface area (Å²) in [5.74, 6) is 1.75. The molecule has 164 valence electrons. The fourth-order valence-electron chi connectivity index (χ4n) is 4.12. The summed E-state index contributed by atoms with van der Waals surface area (Å²) < 4.78 is 5.42. The molecule has 5 rings (SSSR count). The van der Waals surface area contributed by atoms with Crippen LogP contribution in [0.4, 0.5) is 11.5 Å². The van der Waals surface area contributed by atoms with E-state index >= 15 is 0 Å². The molecule has 0 saturated heterocycles. The maximum atomic E-state index is 13.2. The molecule has 1 fully saturated rings. The van der Waals surface area contributed by atoms with Crippen LogP contribution in [0.2, 0.25) is 0 Å². The molecule has 2 aromatic heterocycles. The molecule has 8 nitrogen and oxygen atoms in total. The molecular weight excluding hydrogens is 406 g/mol. The van der Waals surface area contributed by atoms with Gasteiger partial charge in [-0.15, -0.1) is 0 Å². The summed E-state index contributed by atoms with van der Waals surface area (Å²) in [7, 11) is 3.38. The number of anilines is 2. The Morgan fingerprint density at radius 3 is 2.91 bits per heavy atom. The second-order valence-electron chi connectivity index (χ2n) is 8.38. The highest BCUT2D eigenvalue weighted by atomic mass is 16.5. The quantitative estimate of drug-likeness (QED) is 0.645. The number of benzene rings is 1. The normalized spacial score (nSPS) is 15.3. The fraction of sp³-hybridized carbons (Fsp3) is 0.333. The molecule has 32 heavy (non-hydrogen) atoms. The van der Waals surface area contributed by atoms with Crippen molar-refractivity contribution in [3.8, 4) is 5.75 Å². The molecule has 8 heteroatoms. The van der Waals surface area contributed by atoms with E-state index in [1.165, 1.54) is 0 Å². The lowest BCUT2D eigenvalue weighted by Gasteiger charge is -2.30. The lowest BCUT2D eigenvalue weighted by Crippen LogP contribution is -2.41. The minimum Gasteiger partial charge on any atom is -0.494 e. The van der Waals surface area contributed by atoms with Gasteiger partial charge in [0.2, 0.25) is 5.91 Å². The lowest BCUT2D eigenvalue weighted by atomic mass is 10.1. The largest absolute Gasteiger partial charge is 0.494 e. The minimum atomic E-state index is -0.155. The van der Waals surface area contributed by atoms with E-state index in [0.717, 1.165) is 29.3 Å². The van der Waals surface area contributed by atoms with Crippen LogP contribution in [0.3, 0.4) is 0 Å². The number of aromatic nitrogens is 2. The van der Waals surface area contributed by atoms with Gasteiger partial charge in [0.05, 0.1) is 24.9 Å². The van der Waals surface area contributed by atoms with Crippen molar-refractivity contribution in [2.75, 3.05) is 37.5 Å². The molecule has 2 amide bonds. The van der Waals surface area contributed by atoms with Crippen LogP contribution in [0.15, 0.2) is 42.7 Å². The highest BCUT2D eigenvalue weighted by Crippen LogP contribution is 2.35. The van der Waals surface area contributed by atoms with Gasteiger partial charge in [0.25, 0.3) is 5.91 Å². The molecule has 1 aromatic carbocycles. The van der Waals surface area contributed by atoms with Gasteiger partial charge >= 0.3 is 0 Å². The Morgan fingerprint density at radius 2 is 2.12 bits per heavy atom. The van der Waals surface area contributed by atoms with E-state index in [-0.39, 0.29) is 18.4 Å². The van der Waals surface area contributed by atoms with Crippen LogP contribution in [-0.4, -0.2) is 53.9 Å². The van der Waals surface area contributed by atoms with Gasteiger partial charge in [0.1, 0.15) is 17.1 Å². The van der Waals surface area contributed by atoms with Gasteiger partial charge in [-0.3, -0.25) is 14.6 Å². The summed E-state index contributed by atoms with van der Waals surface area (Å²) in [6, 6.07) is 9.46. The van der Waals surface area contributed by atoms with E-state index in [0.29, 0.717) is 41.8 Å². The summed E-state index contributed by atoms with van der Waals surface area (Å²) >= 11 is 0. The minimum absolute atomic E-state index is 0.0151. The smallest absolute Gasteiger partial charge is 0.255 e. The topological polar surface area (TPSA) is 87.7 Å². The van der Waals surface area contributed by atoms with Crippen LogP contribution in [0, 0.1) is 5.92 Å². The van der Waals surface area contributed by atoms with Crippen LogP contribution in [0.25, 0.3) is 10.9 Å².